The zero-order chi connectivity index (χ0) is 24.5. The fraction of sp³-hybridized carbons (Fsp3) is 0.308. The van der Waals surface area contributed by atoms with E-state index in [1.54, 1.807) is 35.6 Å². The Morgan fingerprint density at radius 3 is 2.54 bits per heavy atom. The number of para-hydroxylation sites is 1. The molecule has 0 saturated carbocycles. The van der Waals surface area contributed by atoms with Crippen LogP contribution in [0.5, 0.6) is 0 Å². The Kier molecular flexibility index (Phi) is 9.00. The zero-order valence-electron chi connectivity index (χ0n) is 19.5. The standard InChI is InChI=1S/C26H30ClN5O2S/c27-23-9-1-2-10-24(23)32-15-13-31(14-16-32)12-5-11-28-26(34)30-21-7-3-6-20(18-21)25(33)29-19-22-8-4-17-35-22/h1-4,6-10,17-18H,5,11-16,19H2,(H,29,33)(H2,28,30,34). The average Bonchev–Trinajstić information content (AvgIpc) is 3.40. The molecule has 1 fully saturated rings. The summed E-state index contributed by atoms with van der Waals surface area (Å²) in [5.74, 6) is -0.169. The number of halogens is 1. The average molecular weight is 512 g/mol. The molecular formula is C26H30ClN5O2S. The highest BCUT2D eigenvalue weighted by atomic mass is 35.5. The van der Waals surface area contributed by atoms with E-state index in [4.69, 9.17) is 11.6 Å². The predicted molar refractivity (Wildman–Crippen MR) is 144 cm³/mol. The Labute approximate surface area is 215 Å². The molecule has 35 heavy (non-hydrogen) atoms. The lowest BCUT2D eigenvalue weighted by Gasteiger charge is -2.36. The third-order valence-electron chi connectivity index (χ3n) is 5.89. The Morgan fingerprint density at radius 1 is 0.943 bits per heavy atom. The first kappa shape index (κ1) is 25.0. The number of anilines is 2. The number of nitrogens with one attached hydrogen (secondary N) is 3. The van der Waals surface area contributed by atoms with Crippen molar-refractivity contribution in [2.24, 2.45) is 0 Å². The van der Waals surface area contributed by atoms with Crippen LogP contribution in [0.1, 0.15) is 21.7 Å². The SMILES string of the molecule is O=C(NCCCN1CCN(c2ccccc2Cl)CC1)Nc1cccc(C(=O)NCc2cccs2)c1. The smallest absolute Gasteiger partial charge is 0.319 e. The Hall–Kier alpha value is -3.07. The summed E-state index contributed by atoms with van der Waals surface area (Å²) in [6, 6.07) is 18.6. The van der Waals surface area contributed by atoms with Gasteiger partial charge in [0.1, 0.15) is 0 Å². The molecule has 1 aliphatic heterocycles. The monoisotopic (exact) mass is 511 g/mol. The second-order valence-corrected chi connectivity index (χ2v) is 9.80. The van der Waals surface area contributed by atoms with E-state index >= 15 is 0 Å². The summed E-state index contributed by atoms with van der Waals surface area (Å²) < 4.78 is 0. The number of benzene rings is 2. The number of carbonyl (C=O) groups is 2. The molecule has 0 bridgehead atoms. The molecule has 0 aliphatic carbocycles. The second kappa shape index (κ2) is 12.6. The molecule has 0 radical (unpaired) electrons. The summed E-state index contributed by atoms with van der Waals surface area (Å²) in [6.45, 7) is 5.82. The van der Waals surface area contributed by atoms with Gasteiger partial charge in [-0.3, -0.25) is 9.69 Å². The van der Waals surface area contributed by atoms with Crippen LogP contribution in [0.2, 0.25) is 5.02 Å². The molecule has 7 nitrogen and oxygen atoms in total. The normalized spacial score (nSPS) is 13.9. The van der Waals surface area contributed by atoms with Gasteiger partial charge in [0, 0.05) is 48.9 Å². The van der Waals surface area contributed by atoms with Crippen LogP contribution in [0.4, 0.5) is 16.2 Å². The molecule has 1 aromatic heterocycles. The van der Waals surface area contributed by atoms with E-state index in [-0.39, 0.29) is 11.9 Å². The van der Waals surface area contributed by atoms with E-state index in [0.717, 1.165) is 54.7 Å². The number of carbonyl (C=O) groups excluding carboxylic acids is 2. The lowest BCUT2D eigenvalue weighted by Crippen LogP contribution is -2.47. The van der Waals surface area contributed by atoms with Gasteiger partial charge >= 0.3 is 6.03 Å². The van der Waals surface area contributed by atoms with Crippen molar-refractivity contribution in [3.05, 3.63) is 81.5 Å². The summed E-state index contributed by atoms with van der Waals surface area (Å²) in [5.41, 5.74) is 2.19. The summed E-state index contributed by atoms with van der Waals surface area (Å²) in [4.78, 5) is 30.5. The van der Waals surface area contributed by atoms with Gasteiger partial charge in [-0.05, 0) is 54.7 Å². The Morgan fingerprint density at radius 2 is 1.77 bits per heavy atom. The van der Waals surface area contributed by atoms with Crippen LogP contribution in [0.25, 0.3) is 0 Å². The van der Waals surface area contributed by atoms with Crippen LogP contribution in [0.15, 0.2) is 66.0 Å². The van der Waals surface area contributed by atoms with Crippen molar-refractivity contribution in [3.63, 3.8) is 0 Å². The number of piperazine rings is 1. The van der Waals surface area contributed by atoms with Crippen LogP contribution in [-0.2, 0) is 6.54 Å². The molecule has 4 rings (SSSR count). The molecule has 9 heteroatoms. The van der Waals surface area contributed by atoms with E-state index in [1.807, 2.05) is 35.7 Å². The maximum atomic E-state index is 12.4. The van der Waals surface area contributed by atoms with Gasteiger partial charge in [-0.1, -0.05) is 35.9 Å². The van der Waals surface area contributed by atoms with Crippen LogP contribution < -0.4 is 20.9 Å². The van der Waals surface area contributed by atoms with Gasteiger partial charge in [-0.15, -0.1) is 11.3 Å². The quantitative estimate of drug-likeness (QED) is 0.365. The number of urea groups is 1. The summed E-state index contributed by atoms with van der Waals surface area (Å²) >= 11 is 7.92. The fourth-order valence-corrected chi connectivity index (χ4v) is 4.92. The first-order valence-corrected chi connectivity index (χ1v) is 13.0. The highest BCUT2D eigenvalue weighted by molar-refractivity contribution is 7.09. The number of amides is 3. The highest BCUT2D eigenvalue weighted by Gasteiger charge is 2.18. The third-order valence-corrected chi connectivity index (χ3v) is 7.08. The van der Waals surface area contributed by atoms with Crippen molar-refractivity contribution in [2.75, 3.05) is 49.5 Å². The highest BCUT2D eigenvalue weighted by Crippen LogP contribution is 2.26. The molecular weight excluding hydrogens is 482 g/mol. The topological polar surface area (TPSA) is 76.7 Å². The van der Waals surface area contributed by atoms with Gasteiger partial charge in [0.05, 0.1) is 17.3 Å². The van der Waals surface area contributed by atoms with E-state index in [1.165, 1.54) is 0 Å². The Balaban J connectivity index is 1.13. The minimum absolute atomic E-state index is 0.169. The van der Waals surface area contributed by atoms with E-state index in [9.17, 15) is 9.59 Å². The molecule has 3 N–H and O–H groups in total. The van der Waals surface area contributed by atoms with Crippen LogP contribution >= 0.6 is 22.9 Å². The first-order chi connectivity index (χ1) is 17.1. The molecule has 3 aromatic rings. The van der Waals surface area contributed by atoms with Crippen molar-refractivity contribution >= 4 is 46.3 Å². The number of rotatable bonds is 9. The molecule has 3 amide bonds. The molecule has 0 atom stereocenters. The first-order valence-electron chi connectivity index (χ1n) is 11.8. The minimum Gasteiger partial charge on any atom is -0.368 e. The molecule has 1 saturated heterocycles. The van der Waals surface area contributed by atoms with Gasteiger partial charge in [0.2, 0.25) is 0 Å². The predicted octanol–water partition coefficient (Wildman–Crippen LogP) is 4.67. The van der Waals surface area contributed by atoms with Crippen molar-refractivity contribution < 1.29 is 9.59 Å². The lowest BCUT2D eigenvalue weighted by atomic mass is 10.2. The van der Waals surface area contributed by atoms with Crippen LogP contribution in [0, 0.1) is 0 Å². The van der Waals surface area contributed by atoms with Crippen molar-refractivity contribution in [1.82, 2.24) is 15.5 Å². The third kappa shape index (κ3) is 7.45. The minimum atomic E-state index is -0.273. The van der Waals surface area contributed by atoms with Gasteiger partial charge < -0.3 is 20.9 Å². The van der Waals surface area contributed by atoms with Gasteiger partial charge in [-0.25, -0.2) is 4.79 Å². The van der Waals surface area contributed by atoms with E-state index in [0.29, 0.717) is 24.3 Å². The Bertz CT molecular complexity index is 1120. The largest absolute Gasteiger partial charge is 0.368 e. The molecule has 2 heterocycles. The van der Waals surface area contributed by atoms with Gasteiger partial charge in [0.25, 0.3) is 5.91 Å². The van der Waals surface area contributed by atoms with Gasteiger partial charge in [0.15, 0.2) is 0 Å². The van der Waals surface area contributed by atoms with E-state index in [2.05, 4.69) is 31.8 Å². The maximum absolute atomic E-state index is 12.4. The number of nitrogens with zero attached hydrogens (tertiary/aromatic N) is 2. The maximum Gasteiger partial charge on any atom is 0.319 e. The number of hydrogen-bond acceptors (Lipinski definition) is 5. The van der Waals surface area contributed by atoms with E-state index < -0.39 is 0 Å². The zero-order valence-corrected chi connectivity index (χ0v) is 21.1. The molecule has 0 spiro atoms. The molecule has 1 aliphatic rings. The van der Waals surface area contributed by atoms with Crippen LogP contribution in [-0.4, -0.2) is 56.1 Å². The summed E-state index contributed by atoms with van der Waals surface area (Å²) in [5, 5.41) is 11.4. The van der Waals surface area contributed by atoms with Crippen molar-refractivity contribution in [1.29, 1.82) is 0 Å². The summed E-state index contributed by atoms with van der Waals surface area (Å²) in [6.07, 6.45) is 0.866. The van der Waals surface area contributed by atoms with Gasteiger partial charge in [-0.2, -0.15) is 0 Å². The second-order valence-electron chi connectivity index (χ2n) is 8.36. The number of thiophene rings is 1. The fourth-order valence-electron chi connectivity index (χ4n) is 4.02. The lowest BCUT2D eigenvalue weighted by molar-refractivity contribution is 0.0951. The van der Waals surface area contributed by atoms with Crippen molar-refractivity contribution in [3.8, 4) is 0 Å². The number of hydrogen-bond donors (Lipinski definition) is 3. The molecule has 0 unspecified atom stereocenters. The molecule has 184 valence electrons. The van der Waals surface area contributed by atoms with Crippen LogP contribution in [0.3, 0.4) is 0 Å². The molecule has 2 aromatic carbocycles. The van der Waals surface area contributed by atoms with Crippen molar-refractivity contribution in [2.45, 2.75) is 13.0 Å². The summed E-state index contributed by atoms with van der Waals surface area (Å²) in [7, 11) is 0.